The van der Waals surface area contributed by atoms with Gasteiger partial charge in [-0.3, -0.25) is 0 Å². The highest BCUT2D eigenvalue weighted by molar-refractivity contribution is 5.67. The molecule has 0 aliphatic rings. The summed E-state index contributed by atoms with van der Waals surface area (Å²) in [5.74, 6) is 0.236. The van der Waals surface area contributed by atoms with Gasteiger partial charge in [0.1, 0.15) is 11.4 Å². The number of hydrogen-bond donors (Lipinski definition) is 2. The molecule has 0 radical (unpaired) electrons. The molecule has 124 valence electrons. The zero-order valence-electron chi connectivity index (χ0n) is 14.0. The van der Waals surface area contributed by atoms with Crippen molar-refractivity contribution in [3.63, 3.8) is 0 Å². The first-order valence-corrected chi connectivity index (χ1v) is 7.54. The van der Waals surface area contributed by atoms with E-state index >= 15 is 0 Å². The van der Waals surface area contributed by atoms with E-state index in [0.717, 1.165) is 16.9 Å². The van der Waals surface area contributed by atoms with Crippen molar-refractivity contribution in [3.05, 3.63) is 42.0 Å². The van der Waals surface area contributed by atoms with Crippen LogP contribution >= 0.6 is 0 Å². The summed E-state index contributed by atoms with van der Waals surface area (Å²) in [6, 6.07) is 5.19. The zero-order valence-corrected chi connectivity index (χ0v) is 14.0. The molecule has 0 atom stereocenters. The molecule has 1 amide bonds. The first-order valence-electron chi connectivity index (χ1n) is 7.54. The number of benzene rings is 1. The third-order valence-corrected chi connectivity index (χ3v) is 3.20. The number of nitrogens with one attached hydrogen (secondary N) is 1. The second kappa shape index (κ2) is 6.73. The highest BCUT2D eigenvalue weighted by atomic mass is 16.6. The summed E-state index contributed by atoms with van der Waals surface area (Å²) >= 11 is 0. The Bertz CT molecular complexity index is 687. The standard InChI is InChI=1S/C17H23N3O3/c1-12-9-14(21)5-6-15(12)20-11-18-10-13(20)7-8-19-16(22)23-17(2,3)4/h5-6,9-11,21H,7-8H2,1-4H3,(H,19,22). The molecule has 0 unspecified atom stereocenters. The fourth-order valence-corrected chi connectivity index (χ4v) is 2.24. The number of rotatable bonds is 4. The molecule has 0 saturated carbocycles. The lowest BCUT2D eigenvalue weighted by atomic mass is 10.2. The predicted octanol–water partition coefficient (Wildman–Crippen LogP) is 2.95. The predicted molar refractivity (Wildman–Crippen MR) is 87.9 cm³/mol. The van der Waals surface area contributed by atoms with Gasteiger partial charge in [-0.1, -0.05) is 0 Å². The third-order valence-electron chi connectivity index (χ3n) is 3.20. The van der Waals surface area contributed by atoms with E-state index in [1.165, 1.54) is 0 Å². The smallest absolute Gasteiger partial charge is 0.407 e. The van der Waals surface area contributed by atoms with Crippen molar-refractivity contribution in [1.29, 1.82) is 0 Å². The molecule has 0 saturated heterocycles. The summed E-state index contributed by atoms with van der Waals surface area (Å²) in [6.45, 7) is 7.87. The molecule has 1 aromatic heterocycles. The van der Waals surface area contributed by atoms with Gasteiger partial charge in [0.05, 0.1) is 6.33 Å². The molecule has 0 aliphatic heterocycles. The molecular weight excluding hydrogens is 294 g/mol. The molecule has 0 fully saturated rings. The number of phenolic OH excluding ortho intramolecular Hbond substituents is 1. The average Bonchev–Trinajstić information content (AvgIpc) is 2.85. The van der Waals surface area contributed by atoms with Gasteiger partial charge in [-0.05, 0) is 51.5 Å². The molecule has 23 heavy (non-hydrogen) atoms. The van der Waals surface area contributed by atoms with Crippen molar-refractivity contribution >= 4 is 6.09 Å². The molecule has 0 spiro atoms. The minimum Gasteiger partial charge on any atom is -0.508 e. The Morgan fingerprint density at radius 3 is 2.78 bits per heavy atom. The van der Waals surface area contributed by atoms with Gasteiger partial charge >= 0.3 is 6.09 Å². The number of ether oxygens (including phenoxy) is 1. The zero-order chi connectivity index (χ0) is 17.0. The Hall–Kier alpha value is -2.50. The van der Waals surface area contributed by atoms with Crippen LogP contribution in [0, 0.1) is 6.92 Å². The number of alkyl carbamates (subject to hydrolysis) is 1. The van der Waals surface area contributed by atoms with Crippen LogP contribution in [0.15, 0.2) is 30.7 Å². The quantitative estimate of drug-likeness (QED) is 0.909. The highest BCUT2D eigenvalue weighted by Crippen LogP contribution is 2.21. The van der Waals surface area contributed by atoms with Crippen molar-refractivity contribution in [2.75, 3.05) is 6.54 Å². The number of phenols is 1. The molecule has 2 N–H and O–H groups in total. The first kappa shape index (κ1) is 16.9. The average molecular weight is 317 g/mol. The Labute approximate surface area is 136 Å². The van der Waals surface area contributed by atoms with Crippen LogP contribution in [0.5, 0.6) is 5.75 Å². The number of carbonyl (C=O) groups is 1. The molecule has 6 nitrogen and oxygen atoms in total. The maximum absolute atomic E-state index is 11.7. The lowest BCUT2D eigenvalue weighted by Gasteiger charge is -2.19. The van der Waals surface area contributed by atoms with E-state index in [9.17, 15) is 9.90 Å². The normalized spacial score (nSPS) is 11.3. The molecule has 0 aliphatic carbocycles. The van der Waals surface area contributed by atoms with Gasteiger partial charge < -0.3 is 19.7 Å². The number of nitrogens with zero attached hydrogens (tertiary/aromatic N) is 2. The molecule has 1 heterocycles. The van der Waals surface area contributed by atoms with Crippen LogP contribution < -0.4 is 5.32 Å². The Kier molecular flexibility index (Phi) is 4.93. The lowest BCUT2D eigenvalue weighted by Crippen LogP contribution is -2.33. The van der Waals surface area contributed by atoms with Crippen LogP contribution in [-0.4, -0.2) is 32.9 Å². The van der Waals surface area contributed by atoms with Crippen molar-refractivity contribution in [1.82, 2.24) is 14.9 Å². The Balaban J connectivity index is 2.01. The summed E-state index contributed by atoms with van der Waals surface area (Å²) in [7, 11) is 0. The van der Waals surface area contributed by atoms with Crippen molar-refractivity contribution in [2.45, 2.75) is 39.7 Å². The summed E-state index contributed by atoms with van der Waals surface area (Å²) < 4.78 is 7.15. The number of aromatic hydroxyl groups is 1. The molecule has 2 rings (SSSR count). The Morgan fingerprint density at radius 2 is 2.13 bits per heavy atom. The number of aromatic nitrogens is 2. The van der Waals surface area contributed by atoms with E-state index in [1.807, 2.05) is 38.3 Å². The molecule has 2 aromatic rings. The largest absolute Gasteiger partial charge is 0.508 e. The van der Waals surface area contributed by atoms with Gasteiger partial charge in [-0.15, -0.1) is 0 Å². The van der Waals surface area contributed by atoms with Gasteiger partial charge in [-0.2, -0.15) is 0 Å². The minimum absolute atomic E-state index is 0.236. The van der Waals surface area contributed by atoms with E-state index in [-0.39, 0.29) is 5.75 Å². The first-order chi connectivity index (χ1) is 10.8. The maximum Gasteiger partial charge on any atom is 0.407 e. The van der Waals surface area contributed by atoms with Crippen LogP contribution in [0.4, 0.5) is 4.79 Å². The Morgan fingerprint density at radius 1 is 1.39 bits per heavy atom. The molecule has 1 aromatic carbocycles. The summed E-state index contributed by atoms with van der Waals surface area (Å²) in [4.78, 5) is 15.8. The van der Waals surface area contributed by atoms with Crippen LogP contribution in [0.2, 0.25) is 0 Å². The number of aryl methyl sites for hydroxylation is 1. The minimum atomic E-state index is -0.505. The number of carbonyl (C=O) groups excluding carboxylic acids is 1. The number of amides is 1. The third kappa shape index (κ3) is 4.74. The summed E-state index contributed by atoms with van der Waals surface area (Å²) in [5, 5.41) is 12.3. The lowest BCUT2D eigenvalue weighted by molar-refractivity contribution is 0.0528. The molecule has 6 heteroatoms. The van der Waals surface area contributed by atoms with E-state index in [0.29, 0.717) is 13.0 Å². The fraction of sp³-hybridized carbons (Fsp3) is 0.412. The van der Waals surface area contributed by atoms with Crippen LogP contribution in [0.25, 0.3) is 5.69 Å². The van der Waals surface area contributed by atoms with Crippen LogP contribution in [0.1, 0.15) is 32.0 Å². The van der Waals surface area contributed by atoms with Crippen LogP contribution in [0.3, 0.4) is 0 Å². The summed E-state index contributed by atoms with van der Waals surface area (Å²) in [5.41, 5.74) is 2.36. The van der Waals surface area contributed by atoms with Gasteiger partial charge in [0.15, 0.2) is 0 Å². The second-order valence-electron chi connectivity index (χ2n) is 6.40. The van der Waals surface area contributed by atoms with Crippen LogP contribution in [-0.2, 0) is 11.2 Å². The van der Waals surface area contributed by atoms with E-state index in [4.69, 9.17) is 4.74 Å². The van der Waals surface area contributed by atoms with Crippen molar-refractivity contribution in [2.24, 2.45) is 0 Å². The van der Waals surface area contributed by atoms with Gasteiger partial charge in [-0.25, -0.2) is 9.78 Å². The second-order valence-corrected chi connectivity index (χ2v) is 6.40. The molecular formula is C17H23N3O3. The molecule has 0 bridgehead atoms. The van der Waals surface area contributed by atoms with Gasteiger partial charge in [0, 0.05) is 30.5 Å². The van der Waals surface area contributed by atoms with Gasteiger partial charge in [0.25, 0.3) is 0 Å². The van der Waals surface area contributed by atoms with Crippen molar-refractivity contribution in [3.8, 4) is 11.4 Å². The van der Waals surface area contributed by atoms with Crippen molar-refractivity contribution < 1.29 is 14.6 Å². The summed E-state index contributed by atoms with van der Waals surface area (Å²) in [6.07, 6.45) is 3.69. The fourth-order valence-electron chi connectivity index (χ4n) is 2.24. The SMILES string of the molecule is Cc1cc(O)ccc1-n1cncc1CCNC(=O)OC(C)(C)C. The monoisotopic (exact) mass is 317 g/mol. The topological polar surface area (TPSA) is 76.4 Å². The van der Waals surface area contributed by atoms with E-state index in [2.05, 4.69) is 10.3 Å². The highest BCUT2D eigenvalue weighted by Gasteiger charge is 2.16. The maximum atomic E-state index is 11.7. The van der Waals surface area contributed by atoms with Gasteiger partial charge in [0.2, 0.25) is 0 Å². The van der Waals surface area contributed by atoms with E-state index in [1.54, 1.807) is 24.7 Å². The van der Waals surface area contributed by atoms with E-state index < -0.39 is 11.7 Å². The number of hydrogen-bond acceptors (Lipinski definition) is 4. The number of imidazole rings is 1.